The third kappa shape index (κ3) is 2.81. The van der Waals surface area contributed by atoms with Gasteiger partial charge in [-0.05, 0) is 46.8 Å². The summed E-state index contributed by atoms with van der Waals surface area (Å²) >= 11 is 3.46. The molecule has 0 radical (unpaired) electrons. The largest absolute Gasteiger partial charge is 0.367 e. The molecule has 1 aliphatic carbocycles. The SMILES string of the molecule is CC(C)CN(c1cccc(Br)c1C#N)C1CC1. The van der Waals surface area contributed by atoms with Crippen molar-refractivity contribution in [3.8, 4) is 6.07 Å². The molecule has 1 aliphatic rings. The lowest BCUT2D eigenvalue weighted by Gasteiger charge is -2.27. The van der Waals surface area contributed by atoms with Gasteiger partial charge in [-0.25, -0.2) is 0 Å². The fraction of sp³-hybridized carbons (Fsp3) is 0.500. The van der Waals surface area contributed by atoms with E-state index in [4.69, 9.17) is 0 Å². The molecule has 0 heterocycles. The fourth-order valence-corrected chi connectivity index (χ4v) is 2.53. The standard InChI is InChI=1S/C14H17BrN2/c1-10(2)9-17(11-6-7-11)14-5-3-4-13(15)12(14)8-16/h3-5,10-11H,6-7,9H2,1-2H3. The van der Waals surface area contributed by atoms with Crippen molar-refractivity contribution in [2.75, 3.05) is 11.4 Å². The van der Waals surface area contributed by atoms with Crippen molar-refractivity contribution < 1.29 is 0 Å². The van der Waals surface area contributed by atoms with Crippen LogP contribution in [-0.4, -0.2) is 12.6 Å². The zero-order chi connectivity index (χ0) is 12.4. The van der Waals surface area contributed by atoms with Crippen molar-refractivity contribution in [1.82, 2.24) is 0 Å². The van der Waals surface area contributed by atoms with E-state index in [0.29, 0.717) is 12.0 Å². The first kappa shape index (κ1) is 12.4. The summed E-state index contributed by atoms with van der Waals surface area (Å²) in [6, 6.07) is 8.95. The molecule has 0 aliphatic heterocycles. The molecule has 0 spiro atoms. The molecule has 1 saturated carbocycles. The Bertz CT molecular complexity index is 444. The van der Waals surface area contributed by atoms with E-state index < -0.39 is 0 Å². The quantitative estimate of drug-likeness (QED) is 0.840. The molecular formula is C14H17BrN2. The molecule has 0 atom stereocenters. The summed E-state index contributed by atoms with van der Waals surface area (Å²) in [6.07, 6.45) is 2.51. The van der Waals surface area contributed by atoms with Crippen LogP contribution < -0.4 is 4.90 Å². The molecule has 0 N–H and O–H groups in total. The minimum Gasteiger partial charge on any atom is -0.367 e. The highest BCUT2D eigenvalue weighted by atomic mass is 79.9. The van der Waals surface area contributed by atoms with Crippen LogP contribution in [0.25, 0.3) is 0 Å². The predicted octanol–water partition coefficient (Wildman–Crippen LogP) is 3.95. The number of anilines is 1. The van der Waals surface area contributed by atoms with E-state index >= 15 is 0 Å². The van der Waals surface area contributed by atoms with E-state index in [1.54, 1.807) is 0 Å². The first-order valence-corrected chi connectivity index (χ1v) is 6.88. The van der Waals surface area contributed by atoms with Crippen LogP contribution >= 0.6 is 15.9 Å². The summed E-state index contributed by atoms with van der Waals surface area (Å²) in [7, 11) is 0. The molecule has 0 aromatic heterocycles. The molecule has 2 nitrogen and oxygen atoms in total. The van der Waals surface area contributed by atoms with Crippen LogP contribution in [0.1, 0.15) is 32.3 Å². The summed E-state index contributed by atoms with van der Waals surface area (Å²) in [5.41, 5.74) is 1.85. The maximum absolute atomic E-state index is 9.28. The second-order valence-electron chi connectivity index (χ2n) is 5.02. The first-order chi connectivity index (χ1) is 8.13. The van der Waals surface area contributed by atoms with E-state index in [0.717, 1.165) is 22.3 Å². The van der Waals surface area contributed by atoms with Gasteiger partial charge in [-0.1, -0.05) is 19.9 Å². The number of nitrogens with zero attached hydrogens (tertiary/aromatic N) is 2. The molecule has 2 rings (SSSR count). The Morgan fingerprint density at radius 2 is 2.18 bits per heavy atom. The molecule has 0 unspecified atom stereocenters. The van der Waals surface area contributed by atoms with Crippen molar-refractivity contribution in [1.29, 1.82) is 5.26 Å². The fourth-order valence-electron chi connectivity index (χ4n) is 2.09. The Balaban J connectivity index is 2.36. The lowest BCUT2D eigenvalue weighted by molar-refractivity contribution is 0.607. The summed E-state index contributed by atoms with van der Waals surface area (Å²) in [5, 5.41) is 9.28. The van der Waals surface area contributed by atoms with E-state index in [2.05, 4.69) is 46.8 Å². The van der Waals surface area contributed by atoms with Crippen LogP contribution in [0.5, 0.6) is 0 Å². The average Bonchev–Trinajstić information content (AvgIpc) is 3.09. The normalized spacial score (nSPS) is 14.8. The van der Waals surface area contributed by atoms with Gasteiger partial charge in [0.15, 0.2) is 0 Å². The number of halogens is 1. The maximum atomic E-state index is 9.28. The van der Waals surface area contributed by atoms with Gasteiger partial charge in [0.25, 0.3) is 0 Å². The van der Waals surface area contributed by atoms with Crippen molar-refractivity contribution in [2.24, 2.45) is 5.92 Å². The zero-order valence-electron chi connectivity index (χ0n) is 10.3. The van der Waals surface area contributed by atoms with Gasteiger partial charge in [-0.15, -0.1) is 0 Å². The van der Waals surface area contributed by atoms with Crippen molar-refractivity contribution >= 4 is 21.6 Å². The van der Waals surface area contributed by atoms with Gasteiger partial charge >= 0.3 is 0 Å². The molecule has 0 amide bonds. The minimum atomic E-state index is 0.612. The molecule has 1 aromatic rings. The summed E-state index contributed by atoms with van der Waals surface area (Å²) in [4.78, 5) is 2.40. The molecule has 0 saturated heterocycles. The maximum Gasteiger partial charge on any atom is 0.103 e. The Morgan fingerprint density at radius 3 is 2.71 bits per heavy atom. The van der Waals surface area contributed by atoms with Gasteiger partial charge < -0.3 is 4.90 Å². The highest BCUT2D eigenvalue weighted by Gasteiger charge is 2.31. The monoisotopic (exact) mass is 292 g/mol. The number of nitriles is 1. The van der Waals surface area contributed by atoms with E-state index in [1.807, 2.05) is 12.1 Å². The van der Waals surface area contributed by atoms with Crippen LogP contribution in [0.4, 0.5) is 5.69 Å². The Hall–Kier alpha value is -1.01. The lowest BCUT2D eigenvalue weighted by atomic mass is 10.1. The number of rotatable bonds is 4. The van der Waals surface area contributed by atoms with Crippen molar-refractivity contribution in [3.05, 3.63) is 28.2 Å². The van der Waals surface area contributed by atoms with Crippen LogP contribution in [0.2, 0.25) is 0 Å². The smallest absolute Gasteiger partial charge is 0.103 e. The van der Waals surface area contributed by atoms with Gasteiger partial charge in [0.05, 0.1) is 11.3 Å². The summed E-state index contributed by atoms with van der Waals surface area (Å²) in [6.45, 7) is 5.47. The molecule has 1 fully saturated rings. The minimum absolute atomic E-state index is 0.612. The second kappa shape index (κ2) is 5.10. The van der Waals surface area contributed by atoms with Gasteiger partial charge in [0, 0.05) is 17.1 Å². The third-order valence-electron chi connectivity index (χ3n) is 2.96. The highest BCUT2D eigenvalue weighted by Crippen LogP contribution is 2.36. The molecule has 90 valence electrons. The Kier molecular flexibility index (Phi) is 3.73. The second-order valence-corrected chi connectivity index (χ2v) is 5.88. The molecule has 1 aromatic carbocycles. The van der Waals surface area contributed by atoms with Crippen LogP contribution in [0.15, 0.2) is 22.7 Å². The summed E-state index contributed by atoms with van der Waals surface area (Å²) in [5.74, 6) is 0.612. The number of hydrogen-bond acceptors (Lipinski definition) is 2. The average molecular weight is 293 g/mol. The van der Waals surface area contributed by atoms with Gasteiger partial charge in [-0.2, -0.15) is 5.26 Å². The van der Waals surface area contributed by atoms with Crippen molar-refractivity contribution in [3.63, 3.8) is 0 Å². The molecule has 0 bridgehead atoms. The number of benzene rings is 1. The van der Waals surface area contributed by atoms with E-state index in [-0.39, 0.29) is 0 Å². The Labute approximate surface area is 111 Å². The number of hydrogen-bond donors (Lipinski definition) is 0. The molecule has 3 heteroatoms. The first-order valence-electron chi connectivity index (χ1n) is 6.08. The van der Waals surface area contributed by atoms with Crippen molar-refractivity contribution in [2.45, 2.75) is 32.7 Å². The topological polar surface area (TPSA) is 27.0 Å². The van der Waals surface area contributed by atoms with Crippen LogP contribution in [-0.2, 0) is 0 Å². The molecular weight excluding hydrogens is 276 g/mol. The van der Waals surface area contributed by atoms with Crippen LogP contribution in [0, 0.1) is 17.2 Å². The predicted molar refractivity (Wildman–Crippen MR) is 74.1 cm³/mol. The van der Waals surface area contributed by atoms with Crippen LogP contribution in [0.3, 0.4) is 0 Å². The van der Waals surface area contributed by atoms with E-state index in [1.165, 1.54) is 12.8 Å². The lowest BCUT2D eigenvalue weighted by Crippen LogP contribution is -2.30. The van der Waals surface area contributed by atoms with Gasteiger partial charge in [-0.3, -0.25) is 0 Å². The third-order valence-corrected chi connectivity index (χ3v) is 3.62. The summed E-state index contributed by atoms with van der Waals surface area (Å²) < 4.78 is 0.895. The Morgan fingerprint density at radius 1 is 1.47 bits per heavy atom. The van der Waals surface area contributed by atoms with E-state index in [9.17, 15) is 5.26 Å². The van der Waals surface area contributed by atoms with Gasteiger partial charge in [0.2, 0.25) is 0 Å². The van der Waals surface area contributed by atoms with Gasteiger partial charge in [0.1, 0.15) is 6.07 Å². The highest BCUT2D eigenvalue weighted by molar-refractivity contribution is 9.10. The molecule has 17 heavy (non-hydrogen) atoms. The zero-order valence-corrected chi connectivity index (χ0v) is 11.9.